The van der Waals surface area contributed by atoms with Gasteiger partial charge in [0.25, 0.3) is 0 Å². The number of ether oxygens (including phenoxy) is 1. The minimum Gasteiger partial charge on any atom is -0.496 e. The fraction of sp³-hybridized carbons (Fsp3) is 0.250. The minimum atomic E-state index is -0.605. The molecule has 0 bridgehead atoms. The first-order valence-electron chi connectivity index (χ1n) is 6.34. The Bertz CT molecular complexity index is 593. The van der Waals surface area contributed by atoms with Crippen LogP contribution in [0.2, 0.25) is 0 Å². The topological polar surface area (TPSA) is 21.3 Å². The van der Waals surface area contributed by atoms with E-state index in [2.05, 4.69) is 5.32 Å². The predicted octanol–water partition coefficient (Wildman–Crippen LogP) is 3.59. The van der Waals surface area contributed by atoms with Gasteiger partial charge in [0.1, 0.15) is 17.4 Å². The van der Waals surface area contributed by atoms with E-state index in [1.54, 1.807) is 14.2 Å². The molecule has 106 valence electrons. The molecule has 1 atom stereocenters. The van der Waals surface area contributed by atoms with Gasteiger partial charge in [-0.15, -0.1) is 0 Å². The largest absolute Gasteiger partial charge is 0.496 e. The molecule has 0 saturated carbocycles. The summed E-state index contributed by atoms with van der Waals surface area (Å²) in [6.07, 6.45) is 0. The highest BCUT2D eigenvalue weighted by Gasteiger charge is 2.23. The van der Waals surface area contributed by atoms with Crippen LogP contribution in [0.4, 0.5) is 8.78 Å². The molecule has 2 aromatic rings. The molecular formula is C16H17F2NO. The molecule has 2 rings (SSSR count). The lowest BCUT2D eigenvalue weighted by Gasteiger charge is -2.21. The van der Waals surface area contributed by atoms with Crippen molar-refractivity contribution in [2.75, 3.05) is 14.2 Å². The molecular weight excluding hydrogens is 260 g/mol. The lowest BCUT2D eigenvalue weighted by Crippen LogP contribution is -2.21. The van der Waals surface area contributed by atoms with Crippen LogP contribution in [-0.4, -0.2) is 14.2 Å². The van der Waals surface area contributed by atoms with E-state index in [1.165, 1.54) is 18.2 Å². The molecule has 0 saturated heterocycles. The maximum atomic E-state index is 14.0. The molecule has 1 unspecified atom stereocenters. The molecule has 2 nitrogen and oxygen atoms in total. The van der Waals surface area contributed by atoms with Gasteiger partial charge >= 0.3 is 0 Å². The average molecular weight is 277 g/mol. The zero-order chi connectivity index (χ0) is 14.7. The summed E-state index contributed by atoms with van der Waals surface area (Å²) in [5, 5.41) is 2.95. The van der Waals surface area contributed by atoms with Gasteiger partial charge in [0.05, 0.1) is 13.2 Å². The highest BCUT2D eigenvalue weighted by molar-refractivity contribution is 5.44. The number of hydrogen-bond donors (Lipinski definition) is 1. The number of hydrogen-bond acceptors (Lipinski definition) is 2. The number of methoxy groups -OCH3 is 1. The molecule has 0 heterocycles. The van der Waals surface area contributed by atoms with Crippen molar-refractivity contribution in [1.29, 1.82) is 0 Å². The first-order chi connectivity index (χ1) is 9.58. The molecule has 1 N–H and O–H groups in total. The number of aryl methyl sites for hydroxylation is 1. The quantitative estimate of drug-likeness (QED) is 0.922. The molecule has 0 radical (unpaired) electrons. The third kappa shape index (κ3) is 2.65. The SMILES string of the molecule is CNC(c1ccc(C)cc1OC)c1c(F)cccc1F. The van der Waals surface area contributed by atoms with E-state index in [9.17, 15) is 8.78 Å². The summed E-state index contributed by atoms with van der Waals surface area (Å²) in [4.78, 5) is 0. The number of benzene rings is 2. The monoisotopic (exact) mass is 277 g/mol. The molecule has 0 spiro atoms. The van der Waals surface area contributed by atoms with Crippen LogP contribution in [0, 0.1) is 18.6 Å². The van der Waals surface area contributed by atoms with Crippen molar-refractivity contribution in [3.63, 3.8) is 0 Å². The van der Waals surface area contributed by atoms with Gasteiger partial charge in [-0.25, -0.2) is 8.78 Å². The fourth-order valence-electron chi connectivity index (χ4n) is 2.30. The zero-order valence-corrected chi connectivity index (χ0v) is 11.7. The van der Waals surface area contributed by atoms with Crippen molar-refractivity contribution in [2.24, 2.45) is 0 Å². The highest BCUT2D eigenvalue weighted by atomic mass is 19.1. The van der Waals surface area contributed by atoms with Crippen LogP contribution >= 0.6 is 0 Å². The fourth-order valence-corrected chi connectivity index (χ4v) is 2.30. The van der Waals surface area contributed by atoms with E-state index in [0.29, 0.717) is 11.3 Å². The maximum absolute atomic E-state index is 14.0. The Morgan fingerprint density at radius 1 is 1.10 bits per heavy atom. The van der Waals surface area contributed by atoms with E-state index in [-0.39, 0.29) is 5.56 Å². The molecule has 0 aliphatic rings. The summed E-state index contributed by atoms with van der Waals surface area (Å²) < 4.78 is 33.3. The molecule has 4 heteroatoms. The zero-order valence-electron chi connectivity index (χ0n) is 11.7. The van der Waals surface area contributed by atoms with Crippen molar-refractivity contribution in [1.82, 2.24) is 5.32 Å². The van der Waals surface area contributed by atoms with Gasteiger partial charge in [0, 0.05) is 11.1 Å². The van der Waals surface area contributed by atoms with Gasteiger partial charge in [-0.05, 0) is 37.7 Å². The molecule has 0 aliphatic heterocycles. The Labute approximate surface area is 117 Å². The summed E-state index contributed by atoms with van der Waals surface area (Å²) >= 11 is 0. The van der Waals surface area contributed by atoms with Crippen molar-refractivity contribution >= 4 is 0 Å². The maximum Gasteiger partial charge on any atom is 0.131 e. The van der Waals surface area contributed by atoms with Gasteiger partial charge in [-0.2, -0.15) is 0 Å². The lowest BCUT2D eigenvalue weighted by atomic mass is 9.96. The second-order valence-electron chi connectivity index (χ2n) is 4.60. The number of nitrogens with one attached hydrogen (secondary N) is 1. The Hall–Kier alpha value is -1.94. The minimum absolute atomic E-state index is 0.00264. The number of rotatable bonds is 4. The van der Waals surface area contributed by atoms with Crippen molar-refractivity contribution in [3.05, 3.63) is 64.7 Å². The van der Waals surface area contributed by atoms with E-state index in [4.69, 9.17) is 4.74 Å². The summed E-state index contributed by atoms with van der Waals surface area (Å²) in [7, 11) is 3.21. The highest BCUT2D eigenvalue weighted by Crippen LogP contribution is 2.33. The third-order valence-electron chi connectivity index (χ3n) is 3.28. The van der Waals surface area contributed by atoms with E-state index in [1.807, 2.05) is 25.1 Å². The molecule has 0 amide bonds. The van der Waals surface area contributed by atoms with E-state index in [0.717, 1.165) is 5.56 Å². The van der Waals surface area contributed by atoms with Crippen LogP contribution in [0.1, 0.15) is 22.7 Å². The third-order valence-corrected chi connectivity index (χ3v) is 3.28. The standard InChI is InChI=1S/C16H17F2NO/c1-10-7-8-11(14(9-10)20-3)16(19-2)15-12(17)5-4-6-13(15)18/h4-9,16,19H,1-3H3. The Morgan fingerprint density at radius 3 is 2.30 bits per heavy atom. The van der Waals surface area contributed by atoms with Crippen LogP contribution in [0.5, 0.6) is 5.75 Å². The average Bonchev–Trinajstić information content (AvgIpc) is 2.43. The van der Waals surface area contributed by atoms with Crippen molar-refractivity contribution in [3.8, 4) is 5.75 Å². The Morgan fingerprint density at radius 2 is 1.75 bits per heavy atom. The van der Waals surface area contributed by atoms with Gasteiger partial charge in [-0.3, -0.25) is 0 Å². The second-order valence-corrected chi connectivity index (χ2v) is 4.60. The van der Waals surface area contributed by atoms with Crippen molar-refractivity contribution < 1.29 is 13.5 Å². The van der Waals surface area contributed by atoms with Gasteiger partial charge in [0.15, 0.2) is 0 Å². The predicted molar refractivity (Wildman–Crippen MR) is 75.0 cm³/mol. The van der Waals surface area contributed by atoms with Gasteiger partial charge in [-0.1, -0.05) is 18.2 Å². The molecule has 0 fully saturated rings. The van der Waals surface area contributed by atoms with E-state index < -0.39 is 17.7 Å². The molecule has 2 aromatic carbocycles. The Balaban J connectivity index is 2.58. The summed E-state index contributed by atoms with van der Waals surface area (Å²) in [5.74, 6) is -0.550. The summed E-state index contributed by atoms with van der Waals surface area (Å²) in [6.45, 7) is 1.93. The van der Waals surface area contributed by atoms with Crippen molar-refractivity contribution in [2.45, 2.75) is 13.0 Å². The second kappa shape index (κ2) is 6.01. The van der Waals surface area contributed by atoms with E-state index >= 15 is 0 Å². The summed E-state index contributed by atoms with van der Waals surface area (Å²) in [5.41, 5.74) is 1.72. The lowest BCUT2D eigenvalue weighted by molar-refractivity contribution is 0.403. The Kier molecular flexibility index (Phi) is 4.35. The normalized spacial score (nSPS) is 12.2. The van der Waals surface area contributed by atoms with Crippen LogP contribution in [0.3, 0.4) is 0 Å². The molecule has 0 aromatic heterocycles. The van der Waals surface area contributed by atoms with Crippen LogP contribution in [0.15, 0.2) is 36.4 Å². The molecule has 0 aliphatic carbocycles. The first kappa shape index (κ1) is 14.5. The van der Waals surface area contributed by atoms with Crippen LogP contribution in [-0.2, 0) is 0 Å². The van der Waals surface area contributed by atoms with Gasteiger partial charge in [0.2, 0.25) is 0 Å². The van der Waals surface area contributed by atoms with Crippen LogP contribution < -0.4 is 10.1 Å². The number of halogens is 2. The first-order valence-corrected chi connectivity index (χ1v) is 6.34. The van der Waals surface area contributed by atoms with Gasteiger partial charge < -0.3 is 10.1 Å². The smallest absolute Gasteiger partial charge is 0.131 e. The summed E-state index contributed by atoms with van der Waals surface area (Å²) in [6, 6.07) is 8.81. The van der Waals surface area contributed by atoms with Crippen LogP contribution in [0.25, 0.3) is 0 Å². The molecule has 20 heavy (non-hydrogen) atoms.